The molecule has 3 heteroatoms. The number of hydrogen-bond donors (Lipinski definition) is 1. The predicted molar refractivity (Wildman–Crippen MR) is 59.6 cm³/mol. The van der Waals surface area contributed by atoms with Crippen LogP contribution in [0.5, 0.6) is 0 Å². The molecule has 1 N–H and O–H groups in total. The number of morpholine rings is 1. The quantitative estimate of drug-likeness (QED) is 0.731. The molecule has 3 nitrogen and oxygen atoms in total. The Bertz CT molecular complexity index is 171. The van der Waals surface area contributed by atoms with Crippen molar-refractivity contribution in [2.45, 2.75) is 26.3 Å². The molecule has 1 fully saturated rings. The van der Waals surface area contributed by atoms with Crippen LogP contribution in [0.3, 0.4) is 0 Å². The van der Waals surface area contributed by atoms with Gasteiger partial charge in [-0.3, -0.25) is 4.90 Å². The Balaban J connectivity index is 2.41. The van der Waals surface area contributed by atoms with E-state index in [1.807, 2.05) is 7.05 Å². The standard InChI is InChI=1S/C11H24N2O/c1-10(7-12-4)8-13-5-6-14-9-11(13,2)3/h10,12H,5-9H2,1-4H3. The Morgan fingerprint density at radius 1 is 1.50 bits per heavy atom. The number of nitrogens with one attached hydrogen (secondary N) is 1. The maximum atomic E-state index is 5.50. The normalized spacial score (nSPS) is 24.9. The van der Waals surface area contributed by atoms with Gasteiger partial charge >= 0.3 is 0 Å². The highest BCUT2D eigenvalue weighted by molar-refractivity contribution is 4.85. The smallest absolute Gasteiger partial charge is 0.0645 e. The fraction of sp³-hybridized carbons (Fsp3) is 1.00. The lowest BCUT2D eigenvalue weighted by Crippen LogP contribution is -2.54. The van der Waals surface area contributed by atoms with Crippen molar-refractivity contribution in [3.63, 3.8) is 0 Å². The van der Waals surface area contributed by atoms with E-state index in [1.165, 1.54) is 0 Å². The molecule has 0 bridgehead atoms. The van der Waals surface area contributed by atoms with E-state index in [-0.39, 0.29) is 5.54 Å². The number of ether oxygens (including phenoxy) is 1. The second kappa shape index (κ2) is 5.10. The molecule has 0 amide bonds. The van der Waals surface area contributed by atoms with Crippen LogP contribution in [0.4, 0.5) is 0 Å². The van der Waals surface area contributed by atoms with Gasteiger partial charge in [0.1, 0.15) is 0 Å². The molecule has 0 aliphatic carbocycles. The molecule has 84 valence electrons. The lowest BCUT2D eigenvalue weighted by Gasteiger charge is -2.43. The summed E-state index contributed by atoms with van der Waals surface area (Å²) in [6.07, 6.45) is 0. The van der Waals surface area contributed by atoms with Crippen molar-refractivity contribution in [3.8, 4) is 0 Å². The first-order chi connectivity index (χ1) is 6.56. The topological polar surface area (TPSA) is 24.5 Å². The van der Waals surface area contributed by atoms with Gasteiger partial charge in [-0.25, -0.2) is 0 Å². The molecule has 0 aromatic rings. The SMILES string of the molecule is CNCC(C)CN1CCOCC1(C)C. The molecule has 0 spiro atoms. The zero-order valence-electron chi connectivity index (χ0n) is 9.97. The molecule has 1 saturated heterocycles. The van der Waals surface area contributed by atoms with E-state index in [0.717, 1.165) is 32.8 Å². The van der Waals surface area contributed by atoms with Crippen molar-refractivity contribution in [1.29, 1.82) is 0 Å². The summed E-state index contributed by atoms with van der Waals surface area (Å²) < 4.78 is 5.50. The third-order valence-electron chi connectivity index (χ3n) is 2.90. The third kappa shape index (κ3) is 3.23. The Morgan fingerprint density at radius 3 is 2.79 bits per heavy atom. The molecule has 1 unspecified atom stereocenters. The maximum absolute atomic E-state index is 5.50. The molecule has 0 aromatic carbocycles. The van der Waals surface area contributed by atoms with E-state index in [9.17, 15) is 0 Å². The minimum absolute atomic E-state index is 0.209. The van der Waals surface area contributed by atoms with Crippen molar-refractivity contribution >= 4 is 0 Å². The minimum atomic E-state index is 0.209. The van der Waals surface area contributed by atoms with Gasteiger partial charge in [0.25, 0.3) is 0 Å². The van der Waals surface area contributed by atoms with E-state index in [0.29, 0.717) is 5.92 Å². The van der Waals surface area contributed by atoms with Gasteiger partial charge in [0.2, 0.25) is 0 Å². The second-order valence-electron chi connectivity index (χ2n) is 4.97. The molecule has 1 aliphatic heterocycles. The Labute approximate surface area is 87.8 Å². The first kappa shape index (κ1) is 12.0. The lowest BCUT2D eigenvalue weighted by atomic mass is 10.00. The van der Waals surface area contributed by atoms with E-state index in [1.54, 1.807) is 0 Å². The molecule has 0 radical (unpaired) electrons. The fourth-order valence-electron chi connectivity index (χ4n) is 2.02. The molecule has 1 heterocycles. The van der Waals surface area contributed by atoms with Crippen LogP contribution in [-0.2, 0) is 4.74 Å². The van der Waals surface area contributed by atoms with Crippen LogP contribution in [0.25, 0.3) is 0 Å². The van der Waals surface area contributed by atoms with Gasteiger partial charge in [0.15, 0.2) is 0 Å². The summed E-state index contributed by atoms with van der Waals surface area (Å²) in [7, 11) is 2.01. The van der Waals surface area contributed by atoms with Crippen LogP contribution < -0.4 is 5.32 Å². The average molecular weight is 200 g/mol. The molecule has 0 aromatic heterocycles. The van der Waals surface area contributed by atoms with Crippen LogP contribution in [0.2, 0.25) is 0 Å². The average Bonchev–Trinajstić information content (AvgIpc) is 2.09. The van der Waals surface area contributed by atoms with Gasteiger partial charge in [0.05, 0.1) is 13.2 Å². The monoisotopic (exact) mass is 200 g/mol. The van der Waals surface area contributed by atoms with E-state index in [4.69, 9.17) is 4.74 Å². The summed E-state index contributed by atoms with van der Waals surface area (Å²) in [5.74, 6) is 0.706. The van der Waals surface area contributed by atoms with Crippen molar-refractivity contribution in [1.82, 2.24) is 10.2 Å². The van der Waals surface area contributed by atoms with E-state index in [2.05, 4.69) is 31.0 Å². The zero-order valence-corrected chi connectivity index (χ0v) is 9.97. The molecular formula is C11H24N2O. The van der Waals surface area contributed by atoms with Gasteiger partial charge in [-0.15, -0.1) is 0 Å². The predicted octanol–water partition coefficient (Wildman–Crippen LogP) is 0.953. The summed E-state index contributed by atoms with van der Waals surface area (Å²) in [6.45, 7) is 11.9. The van der Waals surface area contributed by atoms with E-state index >= 15 is 0 Å². The highest BCUT2D eigenvalue weighted by atomic mass is 16.5. The van der Waals surface area contributed by atoms with Crippen LogP contribution in [0.15, 0.2) is 0 Å². The highest BCUT2D eigenvalue weighted by Crippen LogP contribution is 2.19. The van der Waals surface area contributed by atoms with Crippen LogP contribution in [0.1, 0.15) is 20.8 Å². The lowest BCUT2D eigenvalue weighted by molar-refractivity contribution is -0.0560. The fourth-order valence-corrected chi connectivity index (χ4v) is 2.02. The van der Waals surface area contributed by atoms with Gasteiger partial charge in [-0.1, -0.05) is 6.92 Å². The van der Waals surface area contributed by atoms with Crippen LogP contribution in [0, 0.1) is 5.92 Å². The summed E-state index contributed by atoms with van der Waals surface area (Å²) in [4.78, 5) is 2.54. The summed E-state index contributed by atoms with van der Waals surface area (Å²) in [5, 5.41) is 3.23. The van der Waals surface area contributed by atoms with Crippen molar-refractivity contribution in [2.24, 2.45) is 5.92 Å². The highest BCUT2D eigenvalue weighted by Gasteiger charge is 2.30. The summed E-state index contributed by atoms with van der Waals surface area (Å²) >= 11 is 0. The first-order valence-corrected chi connectivity index (χ1v) is 5.53. The Morgan fingerprint density at radius 2 is 2.21 bits per heavy atom. The van der Waals surface area contributed by atoms with Crippen LogP contribution >= 0.6 is 0 Å². The number of nitrogens with zero attached hydrogens (tertiary/aromatic N) is 1. The first-order valence-electron chi connectivity index (χ1n) is 5.53. The van der Waals surface area contributed by atoms with Crippen LogP contribution in [-0.4, -0.2) is 50.3 Å². The summed E-state index contributed by atoms with van der Waals surface area (Å²) in [6, 6.07) is 0. The molecule has 14 heavy (non-hydrogen) atoms. The van der Waals surface area contributed by atoms with Gasteiger partial charge in [-0.2, -0.15) is 0 Å². The largest absolute Gasteiger partial charge is 0.378 e. The van der Waals surface area contributed by atoms with Gasteiger partial charge in [-0.05, 0) is 33.4 Å². The van der Waals surface area contributed by atoms with Crippen molar-refractivity contribution in [2.75, 3.05) is 39.9 Å². The van der Waals surface area contributed by atoms with Gasteiger partial charge < -0.3 is 10.1 Å². The van der Waals surface area contributed by atoms with E-state index < -0.39 is 0 Å². The summed E-state index contributed by atoms with van der Waals surface area (Å²) in [5.41, 5.74) is 0.209. The second-order valence-corrected chi connectivity index (χ2v) is 4.97. The Hall–Kier alpha value is -0.120. The molecule has 1 aliphatic rings. The molecule has 1 atom stereocenters. The zero-order chi connectivity index (χ0) is 10.6. The molecule has 0 saturated carbocycles. The molecular weight excluding hydrogens is 176 g/mol. The minimum Gasteiger partial charge on any atom is -0.378 e. The molecule has 1 rings (SSSR count). The van der Waals surface area contributed by atoms with Crippen molar-refractivity contribution < 1.29 is 4.74 Å². The number of rotatable bonds is 4. The Kier molecular flexibility index (Phi) is 4.35. The number of hydrogen-bond acceptors (Lipinski definition) is 3. The van der Waals surface area contributed by atoms with Crippen molar-refractivity contribution in [3.05, 3.63) is 0 Å². The van der Waals surface area contributed by atoms with Gasteiger partial charge in [0, 0.05) is 18.6 Å². The third-order valence-corrected chi connectivity index (χ3v) is 2.90. The maximum Gasteiger partial charge on any atom is 0.0645 e.